The Hall–Kier alpha value is -1.29. The number of ether oxygens (including phenoxy) is 2. The van der Waals surface area contributed by atoms with Crippen LogP contribution in [0.5, 0.6) is 5.75 Å². The lowest BCUT2D eigenvalue weighted by molar-refractivity contribution is 0.0554. The van der Waals surface area contributed by atoms with Gasteiger partial charge in [-0.3, -0.25) is 0 Å². The van der Waals surface area contributed by atoms with E-state index in [1.165, 1.54) is 0 Å². The molecule has 0 aliphatic heterocycles. The molecule has 0 fully saturated rings. The first-order valence-electron chi connectivity index (χ1n) is 5.07. The highest BCUT2D eigenvalue weighted by atomic mass is 16.5. The summed E-state index contributed by atoms with van der Waals surface area (Å²) in [5.41, 5.74) is 6.57. The maximum atomic E-state index is 5.69. The first-order chi connectivity index (χ1) is 7.09. The van der Waals surface area contributed by atoms with Crippen molar-refractivity contribution in [3.63, 3.8) is 0 Å². The van der Waals surface area contributed by atoms with Gasteiger partial charge in [-0.1, -0.05) is 0 Å². The van der Waals surface area contributed by atoms with Crippen LogP contribution in [-0.2, 0) is 4.74 Å². The molecule has 0 radical (unpaired) electrons. The standard InChI is InChI=1S/C11H18N2O2/c1-8(2)14-6-7-15-10-5-4-9(3)13-11(10)12/h4-5,8H,6-7H2,1-3H3,(H2,12,13). The van der Waals surface area contributed by atoms with Crippen molar-refractivity contribution in [3.05, 3.63) is 17.8 Å². The van der Waals surface area contributed by atoms with E-state index in [0.717, 1.165) is 5.69 Å². The van der Waals surface area contributed by atoms with Crippen molar-refractivity contribution in [2.75, 3.05) is 18.9 Å². The van der Waals surface area contributed by atoms with Gasteiger partial charge in [-0.15, -0.1) is 0 Å². The maximum absolute atomic E-state index is 5.69. The minimum atomic E-state index is 0.224. The summed E-state index contributed by atoms with van der Waals surface area (Å²) in [7, 11) is 0. The molecule has 1 heterocycles. The predicted octanol–water partition coefficient (Wildman–Crippen LogP) is 1.78. The van der Waals surface area contributed by atoms with Gasteiger partial charge in [-0.05, 0) is 32.9 Å². The number of aromatic nitrogens is 1. The Morgan fingerprint density at radius 1 is 1.33 bits per heavy atom. The summed E-state index contributed by atoms with van der Waals surface area (Å²) in [6, 6.07) is 3.70. The van der Waals surface area contributed by atoms with Crippen LogP contribution in [0.4, 0.5) is 5.82 Å². The first-order valence-corrected chi connectivity index (χ1v) is 5.07. The van der Waals surface area contributed by atoms with Gasteiger partial charge in [-0.2, -0.15) is 0 Å². The maximum Gasteiger partial charge on any atom is 0.166 e. The van der Waals surface area contributed by atoms with Crippen molar-refractivity contribution in [3.8, 4) is 5.75 Å². The van der Waals surface area contributed by atoms with Gasteiger partial charge in [0.25, 0.3) is 0 Å². The number of hydrogen-bond donors (Lipinski definition) is 1. The van der Waals surface area contributed by atoms with Gasteiger partial charge in [0.15, 0.2) is 11.6 Å². The van der Waals surface area contributed by atoms with Crippen LogP contribution in [-0.4, -0.2) is 24.3 Å². The van der Waals surface area contributed by atoms with Crippen molar-refractivity contribution in [2.45, 2.75) is 26.9 Å². The summed E-state index contributed by atoms with van der Waals surface area (Å²) >= 11 is 0. The second-order valence-corrected chi connectivity index (χ2v) is 3.60. The van der Waals surface area contributed by atoms with Gasteiger partial charge in [-0.25, -0.2) is 4.98 Å². The van der Waals surface area contributed by atoms with Gasteiger partial charge in [0, 0.05) is 5.69 Å². The van der Waals surface area contributed by atoms with Crippen molar-refractivity contribution in [1.82, 2.24) is 4.98 Å². The quantitative estimate of drug-likeness (QED) is 0.752. The van der Waals surface area contributed by atoms with Crippen LogP contribution in [0.25, 0.3) is 0 Å². The van der Waals surface area contributed by atoms with E-state index in [9.17, 15) is 0 Å². The fourth-order valence-corrected chi connectivity index (χ4v) is 1.12. The van der Waals surface area contributed by atoms with E-state index in [0.29, 0.717) is 24.8 Å². The Bertz CT molecular complexity index is 313. The zero-order chi connectivity index (χ0) is 11.3. The lowest BCUT2D eigenvalue weighted by Gasteiger charge is -2.10. The summed E-state index contributed by atoms with van der Waals surface area (Å²) in [5, 5.41) is 0. The third-order valence-electron chi connectivity index (χ3n) is 1.82. The van der Waals surface area contributed by atoms with E-state index in [4.69, 9.17) is 15.2 Å². The smallest absolute Gasteiger partial charge is 0.166 e. The Kier molecular flexibility index (Phi) is 4.37. The molecule has 0 saturated carbocycles. The third-order valence-corrected chi connectivity index (χ3v) is 1.82. The Morgan fingerprint density at radius 3 is 2.67 bits per heavy atom. The molecule has 1 rings (SSSR count). The Labute approximate surface area is 90.4 Å². The number of nitrogens with two attached hydrogens (primary N) is 1. The molecule has 2 N–H and O–H groups in total. The van der Waals surface area contributed by atoms with Crippen molar-refractivity contribution in [1.29, 1.82) is 0 Å². The molecule has 1 aromatic rings. The van der Waals surface area contributed by atoms with E-state index in [1.54, 1.807) is 0 Å². The molecule has 0 amide bonds. The van der Waals surface area contributed by atoms with Gasteiger partial charge in [0.05, 0.1) is 12.7 Å². The molecule has 0 atom stereocenters. The monoisotopic (exact) mass is 210 g/mol. The van der Waals surface area contributed by atoms with E-state index in [-0.39, 0.29) is 6.10 Å². The molecular weight excluding hydrogens is 192 g/mol. The van der Waals surface area contributed by atoms with E-state index >= 15 is 0 Å². The first kappa shape index (κ1) is 11.8. The number of nitrogens with zero attached hydrogens (tertiary/aromatic N) is 1. The summed E-state index contributed by atoms with van der Waals surface area (Å²) < 4.78 is 10.8. The SMILES string of the molecule is Cc1ccc(OCCOC(C)C)c(N)n1. The van der Waals surface area contributed by atoms with Crippen LogP contribution in [0.1, 0.15) is 19.5 Å². The Balaban J connectivity index is 2.37. The molecule has 4 heteroatoms. The number of pyridine rings is 1. The van der Waals surface area contributed by atoms with Crippen LogP contribution in [0, 0.1) is 6.92 Å². The zero-order valence-electron chi connectivity index (χ0n) is 9.49. The van der Waals surface area contributed by atoms with Gasteiger partial charge < -0.3 is 15.2 Å². The third kappa shape index (κ3) is 4.16. The largest absolute Gasteiger partial charge is 0.487 e. The second-order valence-electron chi connectivity index (χ2n) is 3.60. The minimum Gasteiger partial charge on any atom is -0.487 e. The topological polar surface area (TPSA) is 57.4 Å². The molecule has 0 aromatic carbocycles. The van der Waals surface area contributed by atoms with Crippen molar-refractivity contribution < 1.29 is 9.47 Å². The van der Waals surface area contributed by atoms with Crippen molar-refractivity contribution >= 4 is 5.82 Å². The summed E-state index contributed by atoms with van der Waals surface area (Å²) in [6.07, 6.45) is 0.224. The van der Waals surface area contributed by atoms with Crippen LogP contribution in [0.3, 0.4) is 0 Å². The summed E-state index contributed by atoms with van der Waals surface area (Å²) in [5.74, 6) is 1.05. The average molecular weight is 210 g/mol. The molecule has 0 bridgehead atoms. The molecule has 0 aliphatic rings. The fourth-order valence-electron chi connectivity index (χ4n) is 1.12. The number of rotatable bonds is 5. The van der Waals surface area contributed by atoms with E-state index < -0.39 is 0 Å². The lowest BCUT2D eigenvalue weighted by atomic mass is 10.3. The van der Waals surface area contributed by atoms with Crippen LogP contribution in [0.15, 0.2) is 12.1 Å². The van der Waals surface area contributed by atoms with Gasteiger partial charge in [0.2, 0.25) is 0 Å². The van der Waals surface area contributed by atoms with Crippen LogP contribution in [0.2, 0.25) is 0 Å². The molecular formula is C11H18N2O2. The molecule has 0 saturated heterocycles. The average Bonchev–Trinajstić information content (AvgIpc) is 2.14. The summed E-state index contributed by atoms with van der Waals surface area (Å²) in [4.78, 5) is 4.10. The van der Waals surface area contributed by atoms with Gasteiger partial charge >= 0.3 is 0 Å². The molecule has 84 valence electrons. The molecule has 1 aromatic heterocycles. The highest BCUT2D eigenvalue weighted by Crippen LogP contribution is 2.18. The number of nitrogen functional groups attached to an aromatic ring is 1. The molecule has 0 spiro atoms. The highest BCUT2D eigenvalue weighted by Gasteiger charge is 2.01. The van der Waals surface area contributed by atoms with Crippen LogP contribution < -0.4 is 10.5 Å². The van der Waals surface area contributed by atoms with E-state index in [2.05, 4.69) is 4.98 Å². The van der Waals surface area contributed by atoms with Gasteiger partial charge in [0.1, 0.15) is 6.61 Å². The van der Waals surface area contributed by atoms with Crippen molar-refractivity contribution in [2.24, 2.45) is 0 Å². The summed E-state index contributed by atoms with van der Waals surface area (Å²) in [6.45, 7) is 6.92. The van der Waals surface area contributed by atoms with Crippen LogP contribution >= 0.6 is 0 Å². The molecule has 0 aliphatic carbocycles. The minimum absolute atomic E-state index is 0.224. The number of anilines is 1. The molecule has 0 unspecified atom stereocenters. The number of aryl methyl sites for hydroxylation is 1. The highest BCUT2D eigenvalue weighted by molar-refractivity contribution is 5.46. The zero-order valence-corrected chi connectivity index (χ0v) is 9.49. The van der Waals surface area contributed by atoms with E-state index in [1.807, 2.05) is 32.9 Å². The predicted molar refractivity (Wildman–Crippen MR) is 60.0 cm³/mol. The fraction of sp³-hybridized carbons (Fsp3) is 0.545. The molecule has 4 nitrogen and oxygen atoms in total. The normalized spacial score (nSPS) is 10.7. The second kappa shape index (κ2) is 5.56. The lowest BCUT2D eigenvalue weighted by Crippen LogP contribution is -2.12. The Morgan fingerprint density at radius 2 is 2.07 bits per heavy atom. The number of hydrogen-bond acceptors (Lipinski definition) is 4. The molecule has 15 heavy (non-hydrogen) atoms.